The molecule has 5 heteroatoms. The molecule has 1 saturated heterocycles. The van der Waals surface area contributed by atoms with Gasteiger partial charge in [-0.1, -0.05) is 30.3 Å². The van der Waals surface area contributed by atoms with Crippen LogP contribution in [0.5, 0.6) is 0 Å². The topological polar surface area (TPSA) is 47.6 Å². The van der Waals surface area contributed by atoms with E-state index in [2.05, 4.69) is 63.9 Å². The van der Waals surface area contributed by atoms with Crippen molar-refractivity contribution in [3.8, 4) is 0 Å². The minimum atomic E-state index is 0.0903. The molecule has 0 radical (unpaired) electrons. The number of hydrogen-bond donors (Lipinski definition) is 2. The number of likely N-dealkylation sites (N-methyl/N-ethyl adjacent to an activating group) is 1. The third kappa shape index (κ3) is 6.29. The molecule has 0 aliphatic carbocycles. The summed E-state index contributed by atoms with van der Waals surface area (Å²) >= 11 is 0. The van der Waals surface area contributed by atoms with Gasteiger partial charge in [-0.2, -0.15) is 0 Å². The molecule has 0 unspecified atom stereocenters. The van der Waals surface area contributed by atoms with Gasteiger partial charge in [-0.15, -0.1) is 0 Å². The van der Waals surface area contributed by atoms with Crippen LogP contribution in [0.25, 0.3) is 0 Å². The van der Waals surface area contributed by atoms with E-state index >= 15 is 0 Å². The van der Waals surface area contributed by atoms with E-state index in [-0.39, 0.29) is 5.91 Å². The molecule has 144 valence electrons. The number of benzene rings is 2. The molecule has 27 heavy (non-hydrogen) atoms. The fourth-order valence-corrected chi connectivity index (χ4v) is 3.25. The lowest BCUT2D eigenvalue weighted by atomic mass is 10.1. The van der Waals surface area contributed by atoms with Crippen LogP contribution in [0.15, 0.2) is 54.6 Å². The summed E-state index contributed by atoms with van der Waals surface area (Å²) in [6.07, 6.45) is 1.35. The van der Waals surface area contributed by atoms with Crippen LogP contribution in [-0.4, -0.2) is 57.1 Å². The van der Waals surface area contributed by atoms with Crippen molar-refractivity contribution in [2.24, 2.45) is 0 Å². The van der Waals surface area contributed by atoms with Crippen molar-refractivity contribution in [3.05, 3.63) is 60.2 Å². The zero-order chi connectivity index (χ0) is 18.9. The number of rotatable bonds is 8. The van der Waals surface area contributed by atoms with Crippen LogP contribution in [0, 0.1) is 0 Å². The maximum absolute atomic E-state index is 11.9. The van der Waals surface area contributed by atoms with Gasteiger partial charge in [-0.05, 0) is 43.3 Å². The van der Waals surface area contributed by atoms with E-state index in [1.807, 2.05) is 18.2 Å². The van der Waals surface area contributed by atoms with Gasteiger partial charge >= 0.3 is 0 Å². The van der Waals surface area contributed by atoms with Crippen molar-refractivity contribution in [2.45, 2.75) is 12.8 Å². The highest BCUT2D eigenvalue weighted by molar-refractivity contribution is 5.76. The minimum absolute atomic E-state index is 0.0903. The lowest BCUT2D eigenvalue weighted by Crippen LogP contribution is -2.44. The highest BCUT2D eigenvalue weighted by Gasteiger charge is 2.13. The second-order valence-electron chi connectivity index (χ2n) is 7.10. The van der Waals surface area contributed by atoms with Crippen molar-refractivity contribution >= 4 is 17.3 Å². The van der Waals surface area contributed by atoms with E-state index < -0.39 is 0 Å². The van der Waals surface area contributed by atoms with E-state index in [9.17, 15) is 4.79 Å². The number of amides is 1. The van der Waals surface area contributed by atoms with Crippen LogP contribution >= 0.6 is 0 Å². The summed E-state index contributed by atoms with van der Waals surface area (Å²) in [6, 6.07) is 18.7. The fraction of sp³-hybridized carbons (Fsp3) is 0.409. The van der Waals surface area contributed by atoms with Gasteiger partial charge in [-0.3, -0.25) is 4.79 Å². The largest absolute Gasteiger partial charge is 0.385 e. The zero-order valence-electron chi connectivity index (χ0n) is 16.2. The van der Waals surface area contributed by atoms with Gasteiger partial charge in [0.05, 0.1) is 0 Å². The second kappa shape index (κ2) is 9.97. The number of carbonyl (C=O) groups excluding carboxylic acids is 1. The summed E-state index contributed by atoms with van der Waals surface area (Å²) in [5, 5.41) is 6.32. The van der Waals surface area contributed by atoms with Gasteiger partial charge in [0.2, 0.25) is 5.91 Å². The highest BCUT2D eigenvalue weighted by Crippen LogP contribution is 2.19. The Morgan fingerprint density at radius 2 is 1.63 bits per heavy atom. The molecule has 5 nitrogen and oxygen atoms in total. The Kier molecular flexibility index (Phi) is 7.11. The molecular weight excluding hydrogens is 336 g/mol. The third-order valence-corrected chi connectivity index (χ3v) is 5.00. The first-order valence-electron chi connectivity index (χ1n) is 9.79. The Labute approximate surface area is 162 Å². The quantitative estimate of drug-likeness (QED) is 0.754. The molecule has 0 bridgehead atoms. The molecule has 2 N–H and O–H groups in total. The molecule has 0 spiro atoms. The Morgan fingerprint density at radius 3 is 2.33 bits per heavy atom. The predicted molar refractivity (Wildman–Crippen MR) is 112 cm³/mol. The molecule has 1 heterocycles. The van der Waals surface area contributed by atoms with Crippen molar-refractivity contribution in [3.63, 3.8) is 0 Å². The normalized spacial score (nSPS) is 14.8. The van der Waals surface area contributed by atoms with E-state index in [0.29, 0.717) is 19.5 Å². The van der Waals surface area contributed by atoms with E-state index in [4.69, 9.17) is 0 Å². The molecule has 3 rings (SSSR count). The summed E-state index contributed by atoms with van der Waals surface area (Å²) in [5.41, 5.74) is 3.58. The third-order valence-electron chi connectivity index (χ3n) is 5.00. The smallest absolute Gasteiger partial charge is 0.221 e. The van der Waals surface area contributed by atoms with Gasteiger partial charge in [0.25, 0.3) is 0 Å². The SMILES string of the molecule is CN1CCN(c2ccc(NCCC(=O)NCCc3ccccc3)cc2)CC1. The first kappa shape index (κ1) is 19.2. The Hall–Kier alpha value is -2.53. The second-order valence-corrected chi connectivity index (χ2v) is 7.10. The number of nitrogens with zero attached hydrogens (tertiary/aromatic N) is 2. The molecule has 0 aromatic heterocycles. The molecule has 1 aliphatic heterocycles. The lowest BCUT2D eigenvalue weighted by molar-refractivity contribution is -0.120. The van der Waals surface area contributed by atoms with Gasteiger partial charge < -0.3 is 20.4 Å². The van der Waals surface area contributed by atoms with Gasteiger partial charge in [0, 0.05) is 57.1 Å². The maximum atomic E-state index is 11.9. The summed E-state index contributed by atoms with van der Waals surface area (Å²) in [7, 11) is 2.17. The molecule has 1 amide bonds. The summed E-state index contributed by atoms with van der Waals surface area (Å²) in [5.74, 6) is 0.0903. The Morgan fingerprint density at radius 1 is 0.926 bits per heavy atom. The van der Waals surface area contributed by atoms with Crippen molar-refractivity contribution in [1.82, 2.24) is 10.2 Å². The summed E-state index contributed by atoms with van der Waals surface area (Å²) in [6.45, 7) is 5.70. The van der Waals surface area contributed by atoms with Crippen LogP contribution in [0.3, 0.4) is 0 Å². The molecule has 1 aliphatic rings. The zero-order valence-corrected chi connectivity index (χ0v) is 16.2. The van der Waals surface area contributed by atoms with Crippen LogP contribution in [0.2, 0.25) is 0 Å². The standard InChI is InChI=1S/C22H30N4O/c1-25-15-17-26(18-16-25)21-9-7-20(8-10-21)23-14-12-22(27)24-13-11-19-5-3-2-4-6-19/h2-10,23H,11-18H2,1H3,(H,24,27). The fourth-order valence-electron chi connectivity index (χ4n) is 3.25. The van der Waals surface area contributed by atoms with E-state index in [1.54, 1.807) is 0 Å². The number of carbonyl (C=O) groups is 1. The molecule has 0 saturated carbocycles. The van der Waals surface area contributed by atoms with E-state index in [1.165, 1.54) is 11.3 Å². The summed E-state index contributed by atoms with van der Waals surface area (Å²) < 4.78 is 0. The van der Waals surface area contributed by atoms with E-state index in [0.717, 1.165) is 38.3 Å². The number of nitrogens with one attached hydrogen (secondary N) is 2. The summed E-state index contributed by atoms with van der Waals surface area (Å²) in [4.78, 5) is 16.7. The van der Waals surface area contributed by atoms with Crippen molar-refractivity contribution < 1.29 is 4.79 Å². The highest BCUT2D eigenvalue weighted by atomic mass is 16.1. The Balaban J connectivity index is 1.33. The van der Waals surface area contributed by atoms with Gasteiger partial charge in [0.1, 0.15) is 0 Å². The molecule has 1 fully saturated rings. The Bertz CT molecular complexity index is 694. The number of piperazine rings is 1. The minimum Gasteiger partial charge on any atom is -0.385 e. The molecule has 2 aromatic carbocycles. The molecular formula is C22H30N4O. The van der Waals surface area contributed by atoms with Crippen LogP contribution in [0.4, 0.5) is 11.4 Å². The molecule has 2 aromatic rings. The monoisotopic (exact) mass is 366 g/mol. The first-order chi connectivity index (χ1) is 13.2. The van der Waals surface area contributed by atoms with Crippen LogP contribution in [0.1, 0.15) is 12.0 Å². The van der Waals surface area contributed by atoms with Gasteiger partial charge in [-0.25, -0.2) is 0 Å². The van der Waals surface area contributed by atoms with Gasteiger partial charge in [0.15, 0.2) is 0 Å². The van der Waals surface area contributed by atoms with Crippen molar-refractivity contribution in [2.75, 3.05) is 56.5 Å². The average molecular weight is 367 g/mol. The van der Waals surface area contributed by atoms with Crippen molar-refractivity contribution in [1.29, 1.82) is 0 Å². The first-order valence-corrected chi connectivity index (χ1v) is 9.79. The average Bonchev–Trinajstić information content (AvgIpc) is 2.70. The van der Waals surface area contributed by atoms with Crippen LogP contribution < -0.4 is 15.5 Å². The van der Waals surface area contributed by atoms with Crippen LogP contribution in [-0.2, 0) is 11.2 Å². The predicted octanol–water partition coefficient (Wildman–Crippen LogP) is 2.60. The number of hydrogen-bond acceptors (Lipinski definition) is 4. The maximum Gasteiger partial charge on any atom is 0.221 e. The number of anilines is 2. The lowest BCUT2D eigenvalue weighted by Gasteiger charge is -2.34. The molecule has 0 atom stereocenters.